The largest absolute Gasteiger partial charge is 0.459 e. The third-order valence-corrected chi connectivity index (χ3v) is 2.09. The Morgan fingerprint density at radius 3 is 1.30 bits per heavy atom. The van der Waals surface area contributed by atoms with E-state index < -0.39 is 41.3 Å². The predicted octanol–water partition coefficient (Wildman–Crippen LogP) is -0.315. The lowest BCUT2D eigenvalue weighted by Crippen LogP contribution is -2.56. The highest BCUT2D eigenvalue weighted by Crippen LogP contribution is 2.12. The van der Waals surface area contributed by atoms with Gasteiger partial charge in [0.25, 0.3) is 0 Å². The highest BCUT2D eigenvalue weighted by molar-refractivity contribution is 5.81. The maximum absolute atomic E-state index is 11.7. The van der Waals surface area contributed by atoms with Crippen LogP contribution in [0.5, 0.6) is 0 Å². The van der Waals surface area contributed by atoms with Crippen molar-refractivity contribution in [3.8, 4) is 0 Å². The van der Waals surface area contributed by atoms with Crippen LogP contribution in [0.15, 0.2) is 0 Å². The van der Waals surface area contributed by atoms with Crippen LogP contribution < -0.4 is 11.5 Å². The van der Waals surface area contributed by atoms with E-state index in [0.29, 0.717) is 0 Å². The number of rotatable bonds is 4. The van der Waals surface area contributed by atoms with Crippen LogP contribution in [-0.4, -0.2) is 46.4 Å². The first-order valence-electron chi connectivity index (χ1n) is 6.39. The lowest BCUT2D eigenvalue weighted by atomic mass is 10.0. The van der Waals surface area contributed by atoms with Crippen molar-refractivity contribution >= 4 is 11.9 Å². The summed E-state index contributed by atoms with van der Waals surface area (Å²) in [6.07, 6.45) is -1.58. The Balaban J connectivity index is 4.68. The van der Waals surface area contributed by atoms with Gasteiger partial charge in [0, 0.05) is 0 Å². The molecule has 5 N–H and O–H groups in total. The molecule has 0 saturated heterocycles. The molecule has 7 nitrogen and oxygen atoms in total. The van der Waals surface area contributed by atoms with Crippen LogP contribution in [-0.2, 0) is 19.1 Å². The van der Waals surface area contributed by atoms with E-state index in [1.165, 1.54) is 0 Å². The van der Waals surface area contributed by atoms with E-state index in [1.807, 2.05) is 0 Å². The maximum Gasteiger partial charge on any atom is 0.326 e. The normalized spacial score (nSPS) is 17.1. The molecule has 0 heterocycles. The van der Waals surface area contributed by atoms with Crippen LogP contribution in [0.25, 0.3) is 0 Å². The average Bonchev–Trinajstić information content (AvgIpc) is 2.21. The lowest BCUT2D eigenvalue weighted by Gasteiger charge is -2.28. The fraction of sp³-hybridized carbons (Fsp3) is 0.846. The van der Waals surface area contributed by atoms with E-state index in [2.05, 4.69) is 0 Å². The number of hydrogen-bond acceptors (Lipinski definition) is 7. The van der Waals surface area contributed by atoms with Gasteiger partial charge >= 0.3 is 11.9 Å². The van der Waals surface area contributed by atoms with Crippen LogP contribution in [0.1, 0.15) is 41.5 Å². The number of nitrogens with two attached hydrogens (primary N) is 2. The Labute approximate surface area is 119 Å². The van der Waals surface area contributed by atoms with E-state index in [9.17, 15) is 14.7 Å². The lowest BCUT2D eigenvalue weighted by molar-refractivity contribution is -0.164. The van der Waals surface area contributed by atoms with Crippen molar-refractivity contribution in [3.63, 3.8) is 0 Å². The molecule has 0 aromatic heterocycles. The molecule has 20 heavy (non-hydrogen) atoms. The maximum atomic E-state index is 11.7. The molecule has 0 aliphatic carbocycles. The van der Waals surface area contributed by atoms with Gasteiger partial charge in [0.05, 0.1) is 0 Å². The Morgan fingerprint density at radius 2 is 1.10 bits per heavy atom. The number of aliphatic hydroxyl groups excluding tert-OH is 1. The second-order valence-electron chi connectivity index (χ2n) is 6.61. The molecule has 7 heteroatoms. The van der Waals surface area contributed by atoms with Crippen molar-refractivity contribution in [1.82, 2.24) is 0 Å². The Hall–Kier alpha value is -1.18. The van der Waals surface area contributed by atoms with Crippen LogP contribution in [0, 0.1) is 0 Å². The van der Waals surface area contributed by atoms with Crippen molar-refractivity contribution in [1.29, 1.82) is 0 Å². The fourth-order valence-corrected chi connectivity index (χ4v) is 1.24. The standard InChI is InChI=1S/C13H26N2O5/c1-12(2,3)19-10(17)7(14)9(16)8(15)11(18)20-13(4,5)6/h7-9,16H,14-15H2,1-6H3. The highest BCUT2D eigenvalue weighted by atomic mass is 16.6. The summed E-state index contributed by atoms with van der Waals surface area (Å²) in [5.74, 6) is -1.66. The zero-order valence-corrected chi connectivity index (χ0v) is 13.0. The number of ether oxygens (including phenoxy) is 2. The number of carbonyl (C=O) groups is 2. The Morgan fingerprint density at radius 1 is 0.850 bits per heavy atom. The van der Waals surface area contributed by atoms with Crippen molar-refractivity contribution in [2.24, 2.45) is 11.5 Å². The zero-order chi connectivity index (χ0) is 16.3. The summed E-state index contributed by atoms with van der Waals surface area (Å²) in [6, 6.07) is -2.84. The van der Waals surface area contributed by atoms with Crippen molar-refractivity contribution < 1.29 is 24.2 Å². The summed E-state index contributed by atoms with van der Waals surface area (Å²) in [7, 11) is 0. The summed E-state index contributed by atoms with van der Waals surface area (Å²) in [5.41, 5.74) is 9.62. The minimum absolute atomic E-state index is 0.746. The molecular formula is C13H26N2O5. The second kappa shape index (κ2) is 6.51. The first-order valence-corrected chi connectivity index (χ1v) is 6.39. The molecule has 2 unspecified atom stereocenters. The molecule has 2 atom stereocenters. The van der Waals surface area contributed by atoms with E-state index in [4.69, 9.17) is 20.9 Å². The van der Waals surface area contributed by atoms with E-state index in [1.54, 1.807) is 41.5 Å². The van der Waals surface area contributed by atoms with Crippen LogP contribution in [0.4, 0.5) is 0 Å². The minimum atomic E-state index is -1.58. The molecule has 0 aliphatic rings. The first-order chi connectivity index (χ1) is 8.74. The van der Waals surface area contributed by atoms with Gasteiger partial charge in [-0.2, -0.15) is 0 Å². The van der Waals surface area contributed by atoms with E-state index in [-0.39, 0.29) is 0 Å². The molecule has 0 spiro atoms. The van der Waals surface area contributed by atoms with Gasteiger partial charge in [-0.3, -0.25) is 9.59 Å². The van der Waals surface area contributed by atoms with E-state index in [0.717, 1.165) is 0 Å². The molecule has 0 rings (SSSR count). The summed E-state index contributed by atoms with van der Waals surface area (Å²) >= 11 is 0. The summed E-state index contributed by atoms with van der Waals surface area (Å²) in [5, 5.41) is 9.87. The van der Waals surface area contributed by atoms with Crippen LogP contribution in [0.3, 0.4) is 0 Å². The summed E-state index contributed by atoms with van der Waals surface area (Å²) in [6.45, 7) is 9.99. The quantitative estimate of drug-likeness (QED) is 0.606. The van der Waals surface area contributed by atoms with Gasteiger partial charge in [-0.25, -0.2) is 0 Å². The van der Waals surface area contributed by atoms with Crippen molar-refractivity contribution in [2.75, 3.05) is 0 Å². The Kier molecular flexibility index (Phi) is 6.13. The van der Waals surface area contributed by atoms with Crippen molar-refractivity contribution in [3.05, 3.63) is 0 Å². The zero-order valence-electron chi connectivity index (χ0n) is 13.0. The molecule has 0 saturated carbocycles. The average molecular weight is 290 g/mol. The molecule has 0 aliphatic heterocycles. The molecular weight excluding hydrogens is 264 g/mol. The molecule has 118 valence electrons. The molecule has 0 radical (unpaired) electrons. The van der Waals surface area contributed by atoms with Crippen molar-refractivity contribution in [2.45, 2.75) is 70.9 Å². The number of hydrogen-bond donors (Lipinski definition) is 3. The third-order valence-electron chi connectivity index (χ3n) is 2.09. The van der Waals surface area contributed by atoms with Crippen LogP contribution in [0.2, 0.25) is 0 Å². The number of aliphatic hydroxyl groups is 1. The van der Waals surface area contributed by atoms with Gasteiger partial charge < -0.3 is 26.0 Å². The van der Waals surface area contributed by atoms with Gasteiger partial charge in [-0.15, -0.1) is 0 Å². The molecule has 0 bridgehead atoms. The smallest absolute Gasteiger partial charge is 0.326 e. The summed E-state index contributed by atoms with van der Waals surface area (Å²) in [4.78, 5) is 23.4. The fourth-order valence-electron chi connectivity index (χ4n) is 1.24. The Bertz CT molecular complexity index is 323. The number of esters is 2. The summed E-state index contributed by atoms with van der Waals surface area (Å²) < 4.78 is 10.0. The first kappa shape index (κ1) is 18.8. The third kappa shape index (κ3) is 6.83. The van der Waals surface area contributed by atoms with Gasteiger partial charge in [0.1, 0.15) is 29.4 Å². The van der Waals surface area contributed by atoms with Gasteiger partial charge in [0.2, 0.25) is 0 Å². The molecule has 0 aromatic carbocycles. The second-order valence-corrected chi connectivity index (χ2v) is 6.61. The molecule has 0 fully saturated rings. The highest BCUT2D eigenvalue weighted by Gasteiger charge is 2.36. The topological polar surface area (TPSA) is 125 Å². The number of carbonyl (C=O) groups excluding carboxylic acids is 2. The SMILES string of the molecule is CC(C)(C)OC(=O)C(N)C(O)C(N)C(=O)OC(C)(C)C. The minimum Gasteiger partial charge on any atom is -0.459 e. The van der Waals surface area contributed by atoms with E-state index >= 15 is 0 Å². The monoisotopic (exact) mass is 290 g/mol. The van der Waals surface area contributed by atoms with Crippen LogP contribution >= 0.6 is 0 Å². The van der Waals surface area contributed by atoms with Gasteiger partial charge in [-0.1, -0.05) is 0 Å². The van der Waals surface area contributed by atoms with Gasteiger partial charge in [-0.05, 0) is 41.5 Å². The predicted molar refractivity (Wildman–Crippen MR) is 73.6 cm³/mol. The molecule has 0 aromatic rings. The van der Waals surface area contributed by atoms with Gasteiger partial charge in [0.15, 0.2) is 0 Å². The molecule has 0 amide bonds.